The number of fused-ring (bicyclic) bond motifs is 1. The van der Waals surface area contributed by atoms with E-state index in [0.717, 1.165) is 17.5 Å². The van der Waals surface area contributed by atoms with Crippen LogP contribution in [-0.4, -0.2) is 25.1 Å². The number of methoxy groups -OCH3 is 2. The summed E-state index contributed by atoms with van der Waals surface area (Å²) < 4.78 is 37.0. The SMILES string of the molecule is COc1cc2cc(CCC(=O)Nc3ccc(F)cc3F)c(=O)[nH]c2cc1OC. The highest BCUT2D eigenvalue weighted by Crippen LogP contribution is 2.31. The van der Waals surface area contributed by atoms with Crippen LogP contribution in [-0.2, 0) is 11.2 Å². The summed E-state index contributed by atoms with van der Waals surface area (Å²) in [6.45, 7) is 0. The van der Waals surface area contributed by atoms with Crippen molar-refractivity contribution in [2.75, 3.05) is 19.5 Å². The first-order chi connectivity index (χ1) is 13.4. The molecular weight excluding hydrogens is 370 g/mol. The largest absolute Gasteiger partial charge is 0.493 e. The predicted molar refractivity (Wildman–Crippen MR) is 101 cm³/mol. The van der Waals surface area contributed by atoms with Gasteiger partial charge in [0.1, 0.15) is 11.6 Å². The third-order valence-corrected chi connectivity index (χ3v) is 4.25. The lowest BCUT2D eigenvalue weighted by Crippen LogP contribution is -2.17. The van der Waals surface area contributed by atoms with Crippen molar-refractivity contribution in [1.29, 1.82) is 0 Å². The first-order valence-corrected chi connectivity index (χ1v) is 8.44. The molecule has 2 N–H and O–H groups in total. The number of halogens is 2. The van der Waals surface area contributed by atoms with Crippen molar-refractivity contribution in [3.05, 3.63) is 63.9 Å². The minimum atomic E-state index is -0.863. The lowest BCUT2D eigenvalue weighted by Gasteiger charge is -2.10. The molecule has 1 heterocycles. The van der Waals surface area contributed by atoms with Crippen molar-refractivity contribution < 1.29 is 23.0 Å². The average molecular weight is 388 g/mol. The Balaban J connectivity index is 1.77. The highest BCUT2D eigenvalue weighted by molar-refractivity contribution is 5.91. The monoisotopic (exact) mass is 388 g/mol. The molecule has 28 heavy (non-hydrogen) atoms. The Kier molecular flexibility index (Phi) is 5.58. The number of hydrogen-bond acceptors (Lipinski definition) is 4. The molecule has 0 fully saturated rings. The molecule has 0 bridgehead atoms. The molecule has 3 aromatic rings. The summed E-state index contributed by atoms with van der Waals surface area (Å²) in [5.74, 6) is -1.09. The molecule has 0 atom stereocenters. The second-order valence-electron chi connectivity index (χ2n) is 6.09. The lowest BCUT2D eigenvalue weighted by molar-refractivity contribution is -0.116. The fraction of sp³-hybridized carbons (Fsp3) is 0.200. The first-order valence-electron chi connectivity index (χ1n) is 8.44. The van der Waals surface area contributed by atoms with Crippen LogP contribution < -0.4 is 20.3 Å². The average Bonchev–Trinajstić information content (AvgIpc) is 2.67. The Bertz CT molecular complexity index is 1100. The topological polar surface area (TPSA) is 80.4 Å². The number of carbonyl (C=O) groups is 1. The van der Waals surface area contributed by atoms with Crippen LogP contribution in [0.4, 0.5) is 14.5 Å². The summed E-state index contributed by atoms with van der Waals surface area (Å²) in [6.07, 6.45) is 0.104. The molecule has 1 amide bonds. The standard InChI is InChI=1S/C20H18F2N2O4/c1-27-17-8-12-7-11(20(26)24-16(12)10-18(17)28-2)3-6-19(25)23-15-5-4-13(21)9-14(15)22/h4-5,7-10H,3,6H2,1-2H3,(H,23,25)(H,24,26). The van der Waals surface area contributed by atoms with Crippen molar-refractivity contribution >= 4 is 22.5 Å². The van der Waals surface area contributed by atoms with E-state index in [1.165, 1.54) is 14.2 Å². The summed E-state index contributed by atoms with van der Waals surface area (Å²) in [7, 11) is 3.01. The van der Waals surface area contributed by atoms with Gasteiger partial charge in [-0.05, 0) is 30.7 Å². The summed E-state index contributed by atoms with van der Waals surface area (Å²) in [6, 6.07) is 7.93. The maximum atomic E-state index is 13.6. The van der Waals surface area contributed by atoms with Gasteiger partial charge in [-0.15, -0.1) is 0 Å². The number of anilines is 1. The Labute approximate surface area is 159 Å². The highest BCUT2D eigenvalue weighted by atomic mass is 19.1. The van der Waals surface area contributed by atoms with Crippen molar-refractivity contribution in [3.8, 4) is 11.5 Å². The van der Waals surface area contributed by atoms with Crippen molar-refractivity contribution in [3.63, 3.8) is 0 Å². The number of aryl methyl sites for hydroxylation is 1. The van der Waals surface area contributed by atoms with Gasteiger partial charge in [-0.2, -0.15) is 0 Å². The normalized spacial score (nSPS) is 10.7. The molecule has 0 saturated heterocycles. The van der Waals surface area contributed by atoms with Gasteiger partial charge in [0, 0.05) is 29.5 Å². The molecule has 0 unspecified atom stereocenters. The van der Waals surface area contributed by atoms with Crippen LogP contribution in [0.5, 0.6) is 11.5 Å². The number of ether oxygens (including phenoxy) is 2. The third-order valence-electron chi connectivity index (χ3n) is 4.25. The summed E-state index contributed by atoms with van der Waals surface area (Å²) in [4.78, 5) is 27.1. The molecule has 0 radical (unpaired) electrons. The van der Waals surface area contributed by atoms with Crippen molar-refractivity contribution in [2.24, 2.45) is 0 Å². The van der Waals surface area contributed by atoms with Crippen LogP contribution in [0, 0.1) is 11.6 Å². The van der Waals surface area contributed by atoms with E-state index in [1.54, 1.807) is 18.2 Å². The summed E-state index contributed by atoms with van der Waals surface area (Å²) in [5, 5.41) is 3.09. The van der Waals surface area contributed by atoms with E-state index >= 15 is 0 Å². The number of pyridine rings is 1. The number of nitrogens with one attached hydrogen (secondary N) is 2. The van der Waals surface area contributed by atoms with Crippen LogP contribution in [0.2, 0.25) is 0 Å². The van der Waals surface area contributed by atoms with Gasteiger partial charge in [0.15, 0.2) is 11.5 Å². The van der Waals surface area contributed by atoms with Gasteiger partial charge in [-0.3, -0.25) is 9.59 Å². The molecule has 1 aromatic heterocycles. The number of carbonyl (C=O) groups excluding carboxylic acids is 1. The fourth-order valence-electron chi connectivity index (χ4n) is 2.82. The van der Waals surface area contributed by atoms with Gasteiger partial charge in [0.25, 0.3) is 5.56 Å². The quantitative estimate of drug-likeness (QED) is 0.678. The molecule has 3 rings (SSSR count). The van der Waals surface area contributed by atoms with Crippen LogP contribution in [0.3, 0.4) is 0 Å². The zero-order chi connectivity index (χ0) is 20.3. The number of hydrogen-bond donors (Lipinski definition) is 2. The number of benzene rings is 2. The smallest absolute Gasteiger partial charge is 0.251 e. The van der Waals surface area contributed by atoms with E-state index in [2.05, 4.69) is 10.3 Å². The molecule has 0 aliphatic carbocycles. The molecule has 0 aliphatic heterocycles. The Morgan fingerprint density at radius 1 is 1.07 bits per heavy atom. The Morgan fingerprint density at radius 3 is 2.46 bits per heavy atom. The second kappa shape index (κ2) is 8.08. The Hall–Kier alpha value is -3.42. The van der Waals surface area contributed by atoms with Crippen molar-refractivity contribution in [2.45, 2.75) is 12.8 Å². The first kappa shape index (κ1) is 19.3. The Morgan fingerprint density at radius 2 is 1.79 bits per heavy atom. The number of aromatic nitrogens is 1. The molecule has 0 saturated carbocycles. The molecular formula is C20H18F2N2O4. The van der Waals surface area contributed by atoms with Crippen LogP contribution in [0.25, 0.3) is 10.9 Å². The molecule has 2 aromatic carbocycles. The molecule has 8 heteroatoms. The number of H-pyrrole nitrogens is 1. The van der Waals surface area contributed by atoms with E-state index in [4.69, 9.17) is 9.47 Å². The molecule has 146 valence electrons. The van der Waals surface area contributed by atoms with E-state index in [-0.39, 0.29) is 24.1 Å². The van der Waals surface area contributed by atoms with Gasteiger partial charge in [-0.1, -0.05) is 0 Å². The zero-order valence-corrected chi connectivity index (χ0v) is 15.3. The van der Waals surface area contributed by atoms with Crippen LogP contribution in [0.1, 0.15) is 12.0 Å². The van der Waals surface area contributed by atoms with Gasteiger partial charge in [0.2, 0.25) is 5.91 Å². The summed E-state index contributed by atoms with van der Waals surface area (Å²) >= 11 is 0. The van der Waals surface area contributed by atoms with Gasteiger partial charge in [-0.25, -0.2) is 8.78 Å². The minimum Gasteiger partial charge on any atom is -0.493 e. The second-order valence-corrected chi connectivity index (χ2v) is 6.09. The highest BCUT2D eigenvalue weighted by Gasteiger charge is 2.12. The maximum absolute atomic E-state index is 13.6. The van der Waals surface area contributed by atoms with E-state index in [9.17, 15) is 18.4 Å². The molecule has 6 nitrogen and oxygen atoms in total. The van der Waals surface area contributed by atoms with Gasteiger partial charge in [0.05, 0.1) is 25.4 Å². The molecule has 0 spiro atoms. The zero-order valence-electron chi connectivity index (χ0n) is 15.3. The minimum absolute atomic E-state index is 0.0430. The van der Waals surface area contributed by atoms with Gasteiger partial charge < -0.3 is 19.8 Å². The fourth-order valence-corrected chi connectivity index (χ4v) is 2.82. The van der Waals surface area contributed by atoms with E-state index in [1.807, 2.05) is 0 Å². The van der Waals surface area contributed by atoms with Crippen molar-refractivity contribution in [1.82, 2.24) is 4.98 Å². The lowest BCUT2D eigenvalue weighted by atomic mass is 10.1. The maximum Gasteiger partial charge on any atom is 0.251 e. The number of amides is 1. The van der Waals surface area contributed by atoms with Crippen LogP contribution in [0.15, 0.2) is 41.2 Å². The predicted octanol–water partition coefficient (Wildman–Crippen LogP) is 3.39. The third kappa shape index (κ3) is 4.11. The van der Waals surface area contributed by atoms with E-state index < -0.39 is 17.5 Å². The summed E-state index contributed by atoms with van der Waals surface area (Å²) in [5.41, 5.74) is 0.523. The van der Waals surface area contributed by atoms with Crippen LogP contribution >= 0.6 is 0 Å². The van der Waals surface area contributed by atoms with E-state index in [0.29, 0.717) is 28.6 Å². The molecule has 0 aliphatic rings. The van der Waals surface area contributed by atoms with Gasteiger partial charge >= 0.3 is 0 Å². The number of aromatic amines is 1. The number of rotatable bonds is 6.